The van der Waals surface area contributed by atoms with Crippen LogP contribution in [-0.2, 0) is 16.1 Å². The van der Waals surface area contributed by atoms with Crippen molar-refractivity contribution >= 4 is 12.1 Å². The van der Waals surface area contributed by atoms with Crippen LogP contribution in [0.5, 0.6) is 0 Å². The highest BCUT2D eigenvalue weighted by Gasteiger charge is 2.21. The number of halogens is 1. The lowest BCUT2D eigenvalue weighted by atomic mass is 9.88. The minimum atomic E-state index is -0.305. The number of benzene rings is 2. The molecule has 2 aromatic carbocycles. The van der Waals surface area contributed by atoms with E-state index in [1.54, 1.807) is 12.1 Å². The Balaban J connectivity index is 1.49. The summed E-state index contributed by atoms with van der Waals surface area (Å²) in [6.45, 7) is -0.142. The van der Waals surface area contributed by atoms with E-state index in [1.807, 2.05) is 12.1 Å². The molecule has 4 nitrogen and oxygen atoms in total. The molecule has 1 unspecified atom stereocenters. The van der Waals surface area contributed by atoms with E-state index in [2.05, 4.69) is 22.6 Å². The Labute approximate surface area is 140 Å². The van der Waals surface area contributed by atoms with Gasteiger partial charge >= 0.3 is 0 Å². The number of rotatable bonds is 5. The van der Waals surface area contributed by atoms with Crippen LogP contribution in [0.25, 0.3) is 0 Å². The lowest BCUT2D eigenvalue weighted by Crippen LogP contribution is -2.33. The lowest BCUT2D eigenvalue weighted by molar-refractivity contribution is -0.126. The number of fused-ring (bicyclic) bond motifs is 1. The molecule has 1 amide bonds. The van der Waals surface area contributed by atoms with Crippen LogP contribution in [0.4, 0.5) is 4.39 Å². The van der Waals surface area contributed by atoms with Crippen molar-refractivity contribution in [1.29, 1.82) is 0 Å². The molecular weight excluding hydrogens is 307 g/mol. The molecule has 1 atom stereocenters. The average molecular weight is 326 g/mol. The topological polar surface area (TPSA) is 50.7 Å². The van der Waals surface area contributed by atoms with E-state index in [0.29, 0.717) is 5.56 Å². The zero-order chi connectivity index (χ0) is 16.8. The quantitative estimate of drug-likeness (QED) is 0.676. The van der Waals surface area contributed by atoms with E-state index in [4.69, 9.17) is 4.84 Å². The molecular formula is C19H19FN2O2. The SMILES string of the molecule is O=C(CO/N=C/c1ccc(F)cc1)NC1CCCc2ccccc21. The maximum Gasteiger partial charge on any atom is 0.261 e. The molecule has 1 aliphatic carbocycles. The largest absolute Gasteiger partial charge is 0.386 e. The number of aryl methyl sites for hydroxylation is 1. The predicted octanol–water partition coefficient (Wildman–Crippen LogP) is 3.37. The molecule has 0 bridgehead atoms. The van der Waals surface area contributed by atoms with Gasteiger partial charge in [-0.2, -0.15) is 0 Å². The molecule has 0 radical (unpaired) electrons. The molecule has 1 aliphatic rings. The van der Waals surface area contributed by atoms with E-state index in [1.165, 1.54) is 29.5 Å². The first-order chi connectivity index (χ1) is 11.7. The summed E-state index contributed by atoms with van der Waals surface area (Å²) >= 11 is 0. The number of carbonyl (C=O) groups excluding carboxylic acids is 1. The van der Waals surface area contributed by atoms with Gasteiger partial charge in [0, 0.05) is 0 Å². The Hall–Kier alpha value is -2.69. The fraction of sp³-hybridized carbons (Fsp3) is 0.263. The molecule has 24 heavy (non-hydrogen) atoms. The van der Waals surface area contributed by atoms with Crippen LogP contribution in [-0.4, -0.2) is 18.7 Å². The van der Waals surface area contributed by atoms with Crippen molar-refractivity contribution in [3.8, 4) is 0 Å². The number of hydrogen-bond acceptors (Lipinski definition) is 3. The smallest absolute Gasteiger partial charge is 0.261 e. The van der Waals surface area contributed by atoms with E-state index >= 15 is 0 Å². The molecule has 124 valence electrons. The van der Waals surface area contributed by atoms with Gasteiger partial charge < -0.3 is 10.2 Å². The minimum absolute atomic E-state index is 0.0344. The lowest BCUT2D eigenvalue weighted by Gasteiger charge is -2.26. The number of amides is 1. The second kappa shape index (κ2) is 7.73. The highest BCUT2D eigenvalue weighted by Crippen LogP contribution is 2.29. The van der Waals surface area contributed by atoms with Crippen molar-refractivity contribution in [3.63, 3.8) is 0 Å². The van der Waals surface area contributed by atoms with Crippen LogP contribution in [0.3, 0.4) is 0 Å². The third kappa shape index (κ3) is 4.19. The predicted molar refractivity (Wildman–Crippen MR) is 90.2 cm³/mol. The van der Waals surface area contributed by atoms with Crippen LogP contribution in [0.2, 0.25) is 0 Å². The Kier molecular flexibility index (Phi) is 5.21. The molecule has 0 fully saturated rings. The number of hydrogen-bond donors (Lipinski definition) is 1. The van der Waals surface area contributed by atoms with Crippen molar-refractivity contribution in [3.05, 3.63) is 71.0 Å². The van der Waals surface area contributed by atoms with E-state index < -0.39 is 0 Å². The average Bonchev–Trinajstić information content (AvgIpc) is 2.61. The van der Waals surface area contributed by atoms with Gasteiger partial charge in [0.25, 0.3) is 5.91 Å². The number of carbonyl (C=O) groups is 1. The Morgan fingerprint density at radius 1 is 1.25 bits per heavy atom. The highest BCUT2D eigenvalue weighted by molar-refractivity contribution is 5.80. The molecule has 0 heterocycles. The normalized spacial score (nSPS) is 16.6. The summed E-state index contributed by atoms with van der Waals surface area (Å²) in [7, 11) is 0. The summed E-state index contributed by atoms with van der Waals surface area (Å²) in [4.78, 5) is 17.0. The van der Waals surface area contributed by atoms with Crippen LogP contribution in [0.1, 0.15) is 35.6 Å². The molecule has 0 saturated heterocycles. The summed E-state index contributed by atoms with van der Waals surface area (Å²) in [6.07, 6.45) is 4.50. The van der Waals surface area contributed by atoms with Crippen molar-refractivity contribution in [1.82, 2.24) is 5.32 Å². The van der Waals surface area contributed by atoms with Gasteiger partial charge in [-0.15, -0.1) is 0 Å². The fourth-order valence-corrected chi connectivity index (χ4v) is 2.88. The van der Waals surface area contributed by atoms with E-state index in [9.17, 15) is 9.18 Å². The van der Waals surface area contributed by atoms with Gasteiger partial charge in [0.15, 0.2) is 6.61 Å². The molecule has 1 N–H and O–H groups in total. The number of oxime groups is 1. The summed E-state index contributed by atoms with van der Waals surface area (Å²) in [5.41, 5.74) is 3.19. The van der Waals surface area contributed by atoms with E-state index in [0.717, 1.165) is 19.3 Å². The van der Waals surface area contributed by atoms with Crippen LogP contribution in [0.15, 0.2) is 53.7 Å². The van der Waals surface area contributed by atoms with Gasteiger partial charge in [-0.25, -0.2) is 4.39 Å². The van der Waals surface area contributed by atoms with Gasteiger partial charge in [0.2, 0.25) is 0 Å². The van der Waals surface area contributed by atoms with Gasteiger partial charge in [-0.3, -0.25) is 4.79 Å². The van der Waals surface area contributed by atoms with E-state index in [-0.39, 0.29) is 24.4 Å². The Morgan fingerprint density at radius 2 is 2.04 bits per heavy atom. The van der Waals surface area contributed by atoms with Gasteiger partial charge in [-0.1, -0.05) is 41.6 Å². The molecule has 2 aromatic rings. The molecule has 0 aromatic heterocycles. The van der Waals surface area contributed by atoms with Crippen molar-refractivity contribution in [2.75, 3.05) is 6.61 Å². The molecule has 5 heteroatoms. The first-order valence-corrected chi connectivity index (χ1v) is 8.00. The van der Waals surface area contributed by atoms with Crippen molar-refractivity contribution < 1.29 is 14.0 Å². The summed E-state index contributed by atoms with van der Waals surface area (Å²) in [5, 5.41) is 6.73. The fourth-order valence-electron chi connectivity index (χ4n) is 2.88. The zero-order valence-corrected chi connectivity index (χ0v) is 13.2. The third-order valence-corrected chi connectivity index (χ3v) is 4.05. The van der Waals surface area contributed by atoms with Crippen LogP contribution >= 0.6 is 0 Å². The van der Waals surface area contributed by atoms with Crippen LogP contribution < -0.4 is 5.32 Å². The second-order valence-electron chi connectivity index (χ2n) is 5.77. The summed E-state index contributed by atoms with van der Waals surface area (Å²) in [6, 6.07) is 14.1. The maximum absolute atomic E-state index is 12.8. The van der Waals surface area contributed by atoms with Gasteiger partial charge in [0.1, 0.15) is 5.82 Å². The first-order valence-electron chi connectivity index (χ1n) is 8.00. The molecule has 3 rings (SSSR count). The molecule has 0 spiro atoms. The Morgan fingerprint density at radius 3 is 2.88 bits per heavy atom. The second-order valence-corrected chi connectivity index (χ2v) is 5.77. The first kappa shape index (κ1) is 16.2. The monoisotopic (exact) mass is 326 g/mol. The third-order valence-electron chi connectivity index (χ3n) is 4.05. The van der Waals surface area contributed by atoms with Crippen molar-refractivity contribution in [2.45, 2.75) is 25.3 Å². The molecule has 0 aliphatic heterocycles. The van der Waals surface area contributed by atoms with Crippen LogP contribution in [0, 0.1) is 5.82 Å². The maximum atomic E-state index is 12.8. The summed E-state index contributed by atoms with van der Waals surface area (Å²) in [5.74, 6) is -0.506. The zero-order valence-electron chi connectivity index (χ0n) is 13.2. The minimum Gasteiger partial charge on any atom is -0.386 e. The summed E-state index contributed by atoms with van der Waals surface area (Å²) < 4.78 is 12.8. The van der Waals surface area contributed by atoms with Gasteiger partial charge in [-0.05, 0) is 48.1 Å². The standard InChI is InChI=1S/C19H19FN2O2/c20-16-10-8-14(9-11-16)12-21-24-13-19(23)22-18-7-3-5-15-4-1-2-6-17(15)18/h1-2,4,6,8-12,18H,3,5,7,13H2,(H,22,23)/b21-12+. The van der Waals surface area contributed by atoms with Gasteiger partial charge in [0.05, 0.1) is 12.3 Å². The number of nitrogens with one attached hydrogen (secondary N) is 1. The molecule has 0 saturated carbocycles. The Bertz CT molecular complexity index is 728. The number of nitrogens with zero attached hydrogens (tertiary/aromatic N) is 1. The van der Waals surface area contributed by atoms with Crippen molar-refractivity contribution in [2.24, 2.45) is 5.16 Å². The highest BCUT2D eigenvalue weighted by atomic mass is 19.1.